The topological polar surface area (TPSA) is 25.8 Å². The number of fused-ring (bicyclic) bond motifs is 7. The Bertz CT molecular complexity index is 3550. The smallest absolute Gasteiger partial charge is 0.160 e. The monoisotopic (exact) mass is 808 g/mol. The molecular formula is C59H40N2S. The van der Waals surface area contributed by atoms with Gasteiger partial charge in [-0.2, -0.15) is 0 Å². The average Bonchev–Trinajstić information content (AvgIpc) is 3.82. The van der Waals surface area contributed by atoms with Crippen LogP contribution in [0.5, 0.6) is 0 Å². The largest absolute Gasteiger partial charge is 0.228 e. The molecule has 1 aliphatic rings. The van der Waals surface area contributed by atoms with Gasteiger partial charge in [-0.25, -0.2) is 9.97 Å². The molecule has 2 heterocycles. The first-order valence-electron chi connectivity index (χ1n) is 21.3. The molecule has 0 aliphatic heterocycles. The van der Waals surface area contributed by atoms with E-state index in [1.807, 2.05) is 17.4 Å². The van der Waals surface area contributed by atoms with Crippen LogP contribution in [-0.4, -0.2) is 9.97 Å². The molecule has 11 aromatic rings. The molecule has 0 bridgehead atoms. The Balaban J connectivity index is 1.07. The van der Waals surface area contributed by atoms with Gasteiger partial charge in [-0.3, -0.25) is 0 Å². The van der Waals surface area contributed by atoms with Crippen LogP contribution in [0.15, 0.2) is 206 Å². The van der Waals surface area contributed by atoms with Gasteiger partial charge in [-0.05, 0) is 115 Å². The highest BCUT2D eigenvalue weighted by atomic mass is 32.1. The van der Waals surface area contributed by atoms with E-state index in [0.717, 1.165) is 44.8 Å². The van der Waals surface area contributed by atoms with E-state index in [2.05, 4.69) is 214 Å². The summed E-state index contributed by atoms with van der Waals surface area (Å²) in [6, 6.07) is 75.0. The van der Waals surface area contributed by atoms with Crippen LogP contribution in [0.25, 0.3) is 109 Å². The fourth-order valence-electron chi connectivity index (χ4n) is 9.78. The van der Waals surface area contributed by atoms with E-state index in [9.17, 15) is 0 Å². The Morgan fingerprint density at radius 2 is 0.968 bits per heavy atom. The Morgan fingerprint density at radius 1 is 0.339 bits per heavy atom. The van der Waals surface area contributed by atoms with Gasteiger partial charge in [0.2, 0.25) is 0 Å². The molecule has 292 valence electrons. The van der Waals surface area contributed by atoms with Gasteiger partial charge in [0.15, 0.2) is 5.82 Å². The number of hydrogen-bond donors (Lipinski definition) is 0. The van der Waals surface area contributed by atoms with Crippen LogP contribution in [0.3, 0.4) is 0 Å². The van der Waals surface area contributed by atoms with Crippen LogP contribution >= 0.6 is 11.3 Å². The summed E-state index contributed by atoms with van der Waals surface area (Å²) in [6.45, 7) is 4.67. The first-order valence-corrected chi connectivity index (χ1v) is 22.1. The van der Waals surface area contributed by atoms with E-state index < -0.39 is 0 Å². The third kappa shape index (κ3) is 6.00. The molecular weight excluding hydrogens is 769 g/mol. The average molecular weight is 809 g/mol. The Labute approximate surface area is 365 Å². The van der Waals surface area contributed by atoms with Crippen molar-refractivity contribution >= 4 is 42.3 Å². The Morgan fingerprint density at radius 3 is 1.85 bits per heavy atom. The SMILES string of the molecule is CC1(C)c2ccccc2-c2cc(-c3ccccc3-c3cc(-c4cc(-c5ccc6sc7ccccc7c6c5)cc(-c5cccc6ccccc56)c4)nc(-c4ccccc4)n3)ccc21. The Kier molecular flexibility index (Phi) is 8.41. The molecule has 2 nitrogen and oxygen atoms in total. The molecule has 0 amide bonds. The van der Waals surface area contributed by atoms with Gasteiger partial charge in [-0.1, -0.05) is 172 Å². The van der Waals surface area contributed by atoms with Crippen molar-refractivity contribution in [1.29, 1.82) is 0 Å². The van der Waals surface area contributed by atoms with E-state index in [-0.39, 0.29) is 5.41 Å². The van der Waals surface area contributed by atoms with Gasteiger partial charge in [0.05, 0.1) is 11.4 Å². The minimum atomic E-state index is -0.0568. The fourth-order valence-corrected chi connectivity index (χ4v) is 10.9. The number of nitrogens with zero attached hydrogens (tertiary/aromatic N) is 2. The second-order valence-electron chi connectivity index (χ2n) is 16.9. The van der Waals surface area contributed by atoms with E-state index in [0.29, 0.717) is 5.82 Å². The molecule has 1 aliphatic carbocycles. The summed E-state index contributed by atoms with van der Waals surface area (Å²) in [7, 11) is 0. The van der Waals surface area contributed by atoms with Crippen molar-refractivity contribution in [2.24, 2.45) is 0 Å². The lowest BCUT2D eigenvalue weighted by Gasteiger charge is -2.21. The van der Waals surface area contributed by atoms with Gasteiger partial charge in [0, 0.05) is 42.3 Å². The zero-order valence-electron chi connectivity index (χ0n) is 34.4. The van der Waals surface area contributed by atoms with Crippen LogP contribution in [0.1, 0.15) is 25.0 Å². The third-order valence-corrected chi connectivity index (χ3v) is 14.0. The number of rotatable bonds is 6. The molecule has 9 aromatic carbocycles. The zero-order chi connectivity index (χ0) is 41.4. The molecule has 3 heteroatoms. The first kappa shape index (κ1) is 36.4. The first-order chi connectivity index (χ1) is 30.5. The molecule has 0 spiro atoms. The van der Waals surface area contributed by atoms with Gasteiger partial charge in [0.1, 0.15) is 0 Å². The molecule has 0 N–H and O–H groups in total. The summed E-state index contributed by atoms with van der Waals surface area (Å²) >= 11 is 1.85. The molecule has 12 rings (SSSR count). The molecule has 62 heavy (non-hydrogen) atoms. The fraction of sp³-hybridized carbons (Fsp3) is 0.0508. The van der Waals surface area contributed by atoms with Crippen molar-refractivity contribution in [3.8, 4) is 78.4 Å². The van der Waals surface area contributed by atoms with E-state index in [1.54, 1.807) is 0 Å². The molecule has 0 saturated carbocycles. The lowest BCUT2D eigenvalue weighted by atomic mass is 9.82. The van der Waals surface area contributed by atoms with Crippen molar-refractivity contribution < 1.29 is 0 Å². The van der Waals surface area contributed by atoms with Crippen LogP contribution in [0.4, 0.5) is 0 Å². The second kappa shape index (κ2) is 14.3. The molecule has 0 saturated heterocycles. The quantitative estimate of drug-likeness (QED) is 0.167. The summed E-state index contributed by atoms with van der Waals surface area (Å²) in [5.41, 5.74) is 17.1. The van der Waals surface area contributed by atoms with Crippen molar-refractivity contribution in [1.82, 2.24) is 9.97 Å². The number of benzene rings is 9. The predicted octanol–water partition coefficient (Wildman–Crippen LogP) is 16.3. The maximum absolute atomic E-state index is 5.40. The van der Waals surface area contributed by atoms with Crippen LogP contribution in [-0.2, 0) is 5.41 Å². The highest BCUT2D eigenvalue weighted by Crippen LogP contribution is 2.50. The highest BCUT2D eigenvalue weighted by Gasteiger charge is 2.35. The summed E-state index contributed by atoms with van der Waals surface area (Å²) in [6.07, 6.45) is 0. The normalized spacial score (nSPS) is 12.8. The number of aromatic nitrogens is 2. The molecule has 0 fully saturated rings. The third-order valence-electron chi connectivity index (χ3n) is 12.9. The molecule has 0 atom stereocenters. The lowest BCUT2D eigenvalue weighted by Crippen LogP contribution is -2.14. The summed E-state index contributed by atoms with van der Waals surface area (Å²) in [5, 5.41) is 5.02. The molecule has 0 unspecified atom stereocenters. The lowest BCUT2D eigenvalue weighted by molar-refractivity contribution is 0.660. The van der Waals surface area contributed by atoms with E-state index in [4.69, 9.17) is 9.97 Å². The summed E-state index contributed by atoms with van der Waals surface area (Å²) in [4.78, 5) is 10.8. The van der Waals surface area contributed by atoms with Gasteiger partial charge < -0.3 is 0 Å². The van der Waals surface area contributed by atoms with Gasteiger partial charge in [-0.15, -0.1) is 11.3 Å². The van der Waals surface area contributed by atoms with Crippen molar-refractivity contribution in [3.63, 3.8) is 0 Å². The molecule has 0 radical (unpaired) electrons. The van der Waals surface area contributed by atoms with Crippen LogP contribution in [0.2, 0.25) is 0 Å². The van der Waals surface area contributed by atoms with Gasteiger partial charge in [0.25, 0.3) is 0 Å². The van der Waals surface area contributed by atoms with E-state index in [1.165, 1.54) is 69.9 Å². The molecule has 2 aromatic heterocycles. The maximum Gasteiger partial charge on any atom is 0.160 e. The minimum absolute atomic E-state index is 0.0568. The van der Waals surface area contributed by atoms with Crippen molar-refractivity contribution in [3.05, 3.63) is 217 Å². The standard InChI is InChI=1S/C59H40N2S/c1-59(2)52-25-12-10-21-47(52)50-35-40(27-29-53(50)59)45-20-8-9-22-48(45)55-36-54(60-58(61-55)38-16-4-3-5-17-38)43-32-41(31-42(33-43)46-24-14-18-37-15-6-7-19-44(37)46)39-28-30-57-51(34-39)49-23-11-13-26-56(49)62-57/h3-36H,1-2H3. The second-order valence-corrected chi connectivity index (χ2v) is 18.0. The highest BCUT2D eigenvalue weighted by molar-refractivity contribution is 7.25. The Hall–Kier alpha value is -7.46. The van der Waals surface area contributed by atoms with Crippen LogP contribution < -0.4 is 0 Å². The van der Waals surface area contributed by atoms with Gasteiger partial charge >= 0.3 is 0 Å². The number of hydrogen-bond acceptors (Lipinski definition) is 3. The van der Waals surface area contributed by atoms with E-state index >= 15 is 0 Å². The van der Waals surface area contributed by atoms with Crippen molar-refractivity contribution in [2.45, 2.75) is 19.3 Å². The predicted molar refractivity (Wildman–Crippen MR) is 263 cm³/mol. The number of thiophene rings is 1. The minimum Gasteiger partial charge on any atom is -0.228 e. The van der Waals surface area contributed by atoms with Crippen LogP contribution in [0, 0.1) is 0 Å². The zero-order valence-corrected chi connectivity index (χ0v) is 35.2. The van der Waals surface area contributed by atoms with Crippen molar-refractivity contribution in [2.75, 3.05) is 0 Å². The summed E-state index contributed by atoms with van der Waals surface area (Å²) in [5.74, 6) is 0.695. The maximum atomic E-state index is 5.40. The summed E-state index contributed by atoms with van der Waals surface area (Å²) < 4.78 is 2.60.